The van der Waals surface area contributed by atoms with Crippen LogP contribution >= 0.6 is 0 Å². The summed E-state index contributed by atoms with van der Waals surface area (Å²) in [6.45, 7) is 8.19. The second kappa shape index (κ2) is 8.29. The van der Waals surface area contributed by atoms with Gasteiger partial charge in [0.1, 0.15) is 5.82 Å². The molecule has 1 amide bonds. The molecule has 1 aliphatic heterocycles. The summed E-state index contributed by atoms with van der Waals surface area (Å²) in [4.78, 5) is 12.3. The van der Waals surface area contributed by atoms with Crippen LogP contribution in [-0.4, -0.2) is 25.0 Å². The van der Waals surface area contributed by atoms with Crippen molar-refractivity contribution in [1.29, 1.82) is 0 Å². The number of benzene rings is 1. The van der Waals surface area contributed by atoms with E-state index in [-0.39, 0.29) is 17.8 Å². The van der Waals surface area contributed by atoms with Gasteiger partial charge in [0.2, 0.25) is 5.91 Å². The fourth-order valence-electron chi connectivity index (χ4n) is 3.13. The summed E-state index contributed by atoms with van der Waals surface area (Å²) in [5, 5.41) is 9.45. The lowest BCUT2D eigenvalue weighted by Gasteiger charge is -2.28. The minimum Gasteiger partial charge on any atom is -0.381 e. The Labute approximate surface area is 138 Å². The molecule has 0 aromatic heterocycles. The van der Waals surface area contributed by atoms with Crippen LogP contribution in [0.2, 0.25) is 0 Å². The molecule has 1 unspecified atom stereocenters. The van der Waals surface area contributed by atoms with Crippen LogP contribution in [0.5, 0.6) is 0 Å². The van der Waals surface area contributed by atoms with Crippen LogP contribution < -0.4 is 16.0 Å². The van der Waals surface area contributed by atoms with Gasteiger partial charge in [0, 0.05) is 12.5 Å². The Kier molecular flexibility index (Phi) is 6.39. The number of hydrogen-bond donors (Lipinski definition) is 3. The summed E-state index contributed by atoms with van der Waals surface area (Å²) in [5.74, 6) is 0.645. The summed E-state index contributed by atoms with van der Waals surface area (Å²) in [6, 6.07) is 4.58. The number of anilines is 2. The molecule has 2 rings (SSSR count). The predicted octanol–water partition coefficient (Wildman–Crippen LogP) is 3.61. The van der Waals surface area contributed by atoms with Crippen molar-refractivity contribution in [2.24, 2.45) is 11.8 Å². The molecule has 1 heterocycles. The average molecular weight is 321 g/mol. The first-order valence-electron chi connectivity index (χ1n) is 8.52. The molecule has 5 heteroatoms. The molecule has 0 bridgehead atoms. The van der Waals surface area contributed by atoms with Crippen molar-refractivity contribution in [2.75, 3.05) is 23.7 Å². The molecule has 23 heavy (non-hydrogen) atoms. The van der Waals surface area contributed by atoms with Crippen molar-refractivity contribution in [1.82, 2.24) is 5.32 Å². The summed E-state index contributed by atoms with van der Waals surface area (Å²) in [5.41, 5.74) is 1.27. The van der Waals surface area contributed by atoms with Gasteiger partial charge >= 0.3 is 0 Å². The first-order valence-corrected chi connectivity index (χ1v) is 8.52. The van der Waals surface area contributed by atoms with Gasteiger partial charge in [0.15, 0.2) is 0 Å². The number of nitrogens with one attached hydrogen (secondary N) is 3. The van der Waals surface area contributed by atoms with Crippen LogP contribution in [0.4, 0.5) is 15.8 Å². The Morgan fingerprint density at radius 2 is 1.96 bits per heavy atom. The summed E-state index contributed by atoms with van der Waals surface area (Å²) >= 11 is 0. The summed E-state index contributed by atoms with van der Waals surface area (Å²) < 4.78 is 13.4. The van der Waals surface area contributed by atoms with Gasteiger partial charge in [-0.1, -0.05) is 6.92 Å². The third kappa shape index (κ3) is 5.50. The highest BCUT2D eigenvalue weighted by Crippen LogP contribution is 2.27. The number of piperidine rings is 1. The van der Waals surface area contributed by atoms with Gasteiger partial charge in [-0.2, -0.15) is 0 Å². The van der Waals surface area contributed by atoms with E-state index in [2.05, 4.69) is 22.9 Å². The molecule has 1 fully saturated rings. The van der Waals surface area contributed by atoms with Crippen molar-refractivity contribution in [3.8, 4) is 0 Å². The highest BCUT2D eigenvalue weighted by atomic mass is 19.1. The first-order chi connectivity index (χ1) is 11.0. The molecule has 0 saturated carbocycles. The zero-order valence-corrected chi connectivity index (χ0v) is 14.3. The molecular weight excluding hydrogens is 293 g/mol. The standard InChI is InChI=1S/C18H28FN3O/c1-12(2)21-17-11-15(19)4-5-16(17)22-18(23)10-13(3)14-6-8-20-9-7-14/h4-5,11-14,20-21H,6-10H2,1-3H3,(H,22,23). The minimum absolute atomic E-state index is 0.00514. The average Bonchev–Trinajstić information content (AvgIpc) is 2.50. The SMILES string of the molecule is CC(C)Nc1cc(F)ccc1NC(=O)CC(C)C1CCNCC1. The van der Waals surface area contributed by atoms with E-state index in [4.69, 9.17) is 0 Å². The Bertz CT molecular complexity index is 527. The largest absolute Gasteiger partial charge is 0.381 e. The van der Waals surface area contributed by atoms with Crippen LogP contribution in [0.1, 0.15) is 40.0 Å². The lowest BCUT2D eigenvalue weighted by Crippen LogP contribution is -2.32. The van der Waals surface area contributed by atoms with Gasteiger partial charge in [-0.15, -0.1) is 0 Å². The van der Waals surface area contributed by atoms with Crippen LogP contribution in [0, 0.1) is 17.7 Å². The molecule has 1 aliphatic rings. The molecule has 1 atom stereocenters. The maximum Gasteiger partial charge on any atom is 0.224 e. The van der Waals surface area contributed by atoms with Crippen molar-refractivity contribution in [2.45, 2.75) is 46.1 Å². The van der Waals surface area contributed by atoms with Crippen molar-refractivity contribution in [3.63, 3.8) is 0 Å². The van der Waals surface area contributed by atoms with Gasteiger partial charge in [-0.05, 0) is 69.8 Å². The van der Waals surface area contributed by atoms with Crippen LogP contribution in [0.3, 0.4) is 0 Å². The molecule has 0 radical (unpaired) electrons. The van der Waals surface area contributed by atoms with E-state index in [1.54, 1.807) is 6.07 Å². The third-order valence-electron chi connectivity index (χ3n) is 4.40. The Hall–Kier alpha value is -1.62. The Morgan fingerprint density at radius 1 is 1.26 bits per heavy atom. The number of carbonyl (C=O) groups excluding carboxylic acids is 1. The molecule has 1 aromatic carbocycles. The first kappa shape index (κ1) is 17.7. The van der Waals surface area contributed by atoms with Gasteiger partial charge in [-0.3, -0.25) is 4.79 Å². The zero-order valence-electron chi connectivity index (χ0n) is 14.3. The second-order valence-electron chi connectivity index (χ2n) is 6.81. The van der Waals surface area contributed by atoms with E-state index in [0.717, 1.165) is 25.9 Å². The van der Waals surface area contributed by atoms with Crippen LogP contribution in [-0.2, 0) is 4.79 Å². The van der Waals surface area contributed by atoms with E-state index in [1.807, 2.05) is 13.8 Å². The highest BCUT2D eigenvalue weighted by Gasteiger charge is 2.22. The van der Waals surface area contributed by atoms with E-state index >= 15 is 0 Å². The van der Waals surface area contributed by atoms with E-state index in [1.165, 1.54) is 12.1 Å². The van der Waals surface area contributed by atoms with Crippen molar-refractivity contribution >= 4 is 17.3 Å². The molecular formula is C18H28FN3O. The lowest BCUT2D eigenvalue weighted by atomic mass is 9.84. The predicted molar refractivity (Wildman–Crippen MR) is 93.2 cm³/mol. The van der Waals surface area contributed by atoms with E-state index in [9.17, 15) is 9.18 Å². The quantitative estimate of drug-likeness (QED) is 0.750. The molecule has 1 saturated heterocycles. The van der Waals surface area contributed by atoms with E-state index < -0.39 is 0 Å². The number of rotatable bonds is 6. The monoisotopic (exact) mass is 321 g/mol. The number of amides is 1. The Balaban J connectivity index is 1.96. The lowest BCUT2D eigenvalue weighted by molar-refractivity contribution is -0.117. The van der Waals surface area contributed by atoms with Gasteiger partial charge in [-0.25, -0.2) is 4.39 Å². The zero-order chi connectivity index (χ0) is 16.8. The normalized spacial score (nSPS) is 17.1. The second-order valence-corrected chi connectivity index (χ2v) is 6.81. The van der Waals surface area contributed by atoms with E-state index in [0.29, 0.717) is 29.6 Å². The fourth-order valence-corrected chi connectivity index (χ4v) is 3.13. The smallest absolute Gasteiger partial charge is 0.224 e. The summed E-state index contributed by atoms with van der Waals surface area (Å²) in [7, 11) is 0. The maximum atomic E-state index is 13.4. The van der Waals surface area contributed by atoms with Crippen molar-refractivity contribution in [3.05, 3.63) is 24.0 Å². The molecule has 0 spiro atoms. The molecule has 0 aliphatic carbocycles. The maximum absolute atomic E-state index is 13.4. The van der Waals surface area contributed by atoms with Crippen LogP contribution in [0.15, 0.2) is 18.2 Å². The van der Waals surface area contributed by atoms with Gasteiger partial charge < -0.3 is 16.0 Å². The van der Waals surface area contributed by atoms with Gasteiger partial charge in [0.25, 0.3) is 0 Å². The molecule has 128 valence electrons. The number of hydrogen-bond acceptors (Lipinski definition) is 3. The van der Waals surface area contributed by atoms with Gasteiger partial charge in [0.05, 0.1) is 11.4 Å². The van der Waals surface area contributed by atoms with Crippen LogP contribution in [0.25, 0.3) is 0 Å². The highest BCUT2D eigenvalue weighted by molar-refractivity contribution is 5.94. The minimum atomic E-state index is -0.311. The Morgan fingerprint density at radius 3 is 2.61 bits per heavy atom. The fraction of sp³-hybridized carbons (Fsp3) is 0.611. The summed E-state index contributed by atoms with van der Waals surface area (Å²) in [6.07, 6.45) is 2.76. The molecule has 3 N–H and O–H groups in total. The molecule has 4 nitrogen and oxygen atoms in total. The van der Waals surface area contributed by atoms with Crippen molar-refractivity contribution < 1.29 is 9.18 Å². The third-order valence-corrected chi connectivity index (χ3v) is 4.40. The molecule has 1 aromatic rings. The number of carbonyl (C=O) groups is 1. The topological polar surface area (TPSA) is 53.2 Å². The number of halogens is 1.